The highest BCUT2D eigenvalue weighted by Gasteiger charge is 2.41. The van der Waals surface area contributed by atoms with Gasteiger partial charge in [0.2, 0.25) is 0 Å². The minimum absolute atomic E-state index is 0.585. The van der Waals surface area contributed by atoms with Crippen molar-refractivity contribution in [3.8, 4) is 0 Å². The van der Waals surface area contributed by atoms with E-state index in [4.69, 9.17) is 23.4 Å². The van der Waals surface area contributed by atoms with Crippen molar-refractivity contribution in [3.63, 3.8) is 0 Å². The number of unbranched alkanes of at least 4 members (excludes halogenated alkanes) is 2. The Morgan fingerprint density at radius 3 is 1.93 bits per heavy atom. The zero-order valence-electron chi connectivity index (χ0n) is 9.25. The van der Waals surface area contributed by atoms with Crippen LogP contribution in [0.2, 0.25) is 0 Å². The molecule has 0 aromatic rings. The monoisotopic (exact) mass is 223 g/mol. The highest BCUT2D eigenvalue weighted by Crippen LogP contribution is 2.08. The van der Waals surface area contributed by atoms with Crippen LogP contribution < -0.4 is 5.73 Å². The third kappa shape index (κ3) is 5.04. The van der Waals surface area contributed by atoms with Gasteiger partial charge < -0.3 is 23.4 Å². The van der Waals surface area contributed by atoms with Crippen LogP contribution in [0.1, 0.15) is 19.3 Å². The molecule has 0 aromatic heterocycles. The summed E-state index contributed by atoms with van der Waals surface area (Å²) in [5.74, 6) is 0. The number of hydrogen-bond acceptors (Lipinski definition) is 5. The van der Waals surface area contributed by atoms with E-state index in [0.29, 0.717) is 6.61 Å². The van der Waals surface area contributed by atoms with E-state index in [1.807, 2.05) is 0 Å². The Balaban J connectivity index is 3.61. The van der Waals surface area contributed by atoms with E-state index in [2.05, 4.69) is 0 Å². The standard InChI is InChI=1S/C8H21NO4Si/c1-10-14(11-2,12-3)13-8-6-4-5-7-9/h4-9H2,1-3H3. The van der Waals surface area contributed by atoms with Gasteiger partial charge in [0.05, 0.1) is 0 Å². The van der Waals surface area contributed by atoms with Crippen LogP contribution in [0.25, 0.3) is 0 Å². The lowest BCUT2D eigenvalue weighted by Crippen LogP contribution is -2.46. The Morgan fingerprint density at radius 2 is 1.50 bits per heavy atom. The Hall–Kier alpha value is 0.0169. The molecule has 6 heteroatoms. The van der Waals surface area contributed by atoms with Gasteiger partial charge in [-0.1, -0.05) is 0 Å². The Kier molecular flexibility index (Phi) is 8.35. The summed E-state index contributed by atoms with van der Waals surface area (Å²) in [4.78, 5) is 0. The van der Waals surface area contributed by atoms with Crippen molar-refractivity contribution in [2.75, 3.05) is 34.5 Å². The van der Waals surface area contributed by atoms with E-state index in [1.54, 1.807) is 0 Å². The fourth-order valence-electron chi connectivity index (χ4n) is 1.05. The van der Waals surface area contributed by atoms with Gasteiger partial charge in [-0.2, -0.15) is 0 Å². The van der Waals surface area contributed by atoms with Crippen LogP contribution in [0.15, 0.2) is 0 Å². The highest BCUT2D eigenvalue weighted by molar-refractivity contribution is 6.53. The van der Waals surface area contributed by atoms with E-state index in [0.717, 1.165) is 25.8 Å². The molecule has 0 aliphatic heterocycles. The van der Waals surface area contributed by atoms with E-state index < -0.39 is 9.05 Å². The normalized spacial score (nSPS) is 12.0. The molecular formula is C8H21NO4Si. The molecule has 0 radical (unpaired) electrons. The van der Waals surface area contributed by atoms with Gasteiger partial charge >= 0.3 is 9.05 Å². The third-order valence-corrected chi connectivity index (χ3v) is 3.93. The molecule has 5 nitrogen and oxygen atoms in total. The zero-order chi connectivity index (χ0) is 10.9. The van der Waals surface area contributed by atoms with Crippen molar-refractivity contribution >= 4 is 9.05 Å². The van der Waals surface area contributed by atoms with Crippen LogP contribution in [0.3, 0.4) is 0 Å². The summed E-state index contributed by atoms with van der Waals surface area (Å²) in [6.45, 7) is 1.31. The molecule has 0 unspecified atom stereocenters. The first kappa shape index (κ1) is 14.0. The first-order valence-electron chi connectivity index (χ1n) is 4.74. The molecule has 86 valence electrons. The molecule has 0 aromatic carbocycles. The van der Waals surface area contributed by atoms with Crippen LogP contribution in [0, 0.1) is 0 Å². The molecule has 0 aliphatic carbocycles. The van der Waals surface area contributed by atoms with E-state index in [1.165, 1.54) is 21.3 Å². The molecule has 0 aliphatic rings. The van der Waals surface area contributed by atoms with E-state index in [-0.39, 0.29) is 0 Å². The van der Waals surface area contributed by atoms with Crippen LogP contribution in [-0.2, 0) is 17.7 Å². The van der Waals surface area contributed by atoms with Crippen molar-refractivity contribution in [3.05, 3.63) is 0 Å². The molecule has 2 N–H and O–H groups in total. The van der Waals surface area contributed by atoms with Crippen LogP contribution >= 0.6 is 0 Å². The highest BCUT2D eigenvalue weighted by atomic mass is 28.4. The summed E-state index contributed by atoms with van der Waals surface area (Å²) in [5, 5.41) is 0. The second kappa shape index (κ2) is 8.34. The molecule has 0 heterocycles. The average molecular weight is 223 g/mol. The Bertz CT molecular complexity index is 124. The lowest BCUT2D eigenvalue weighted by atomic mass is 10.2. The Labute approximate surface area is 87.0 Å². The van der Waals surface area contributed by atoms with Gasteiger partial charge in [0, 0.05) is 27.9 Å². The second-order valence-electron chi connectivity index (χ2n) is 2.81. The van der Waals surface area contributed by atoms with Gasteiger partial charge in [-0.15, -0.1) is 0 Å². The largest absolute Gasteiger partial charge is 0.678 e. The van der Waals surface area contributed by atoms with E-state index >= 15 is 0 Å². The van der Waals surface area contributed by atoms with Crippen molar-refractivity contribution in [1.29, 1.82) is 0 Å². The molecule has 0 bridgehead atoms. The number of hydrogen-bond donors (Lipinski definition) is 1. The minimum atomic E-state index is -2.81. The third-order valence-electron chi connectivity index (χ3n) is 1.88. The minimum Gasteiger partial charge on any atom is -0.355 e. The van der Waals surface area contributed by atoms with Gasteiger partial charge in [-0.25, -0.2) is 0 Å². The fraction of sp³-hybridized carbons (Fsp3) is 1.00. The molecule has 0 saturated heterocycles. The smallest absolute Gasteiger partial charge is 0.355 e. The zero-order valence-corrected chi connectivity index (χ0v) is 10.2. The molecule has 0 atom stereocenters. The summed E-state index contributed by atoms with van der Waals surface area (Å²) in [6, 6.07) is 0. The van der Waals surface area contributed by atoms with Crippen LogP contribution in [-0.4, -0.2) is 43.5 Å². The molecular weight excluding hydrogens is 202 g/mol. The summed E-state index contributed by atoms with van der Waals surface area (Å²) < 4.78 is 20.7. The van der Waals surface area contributed by atoms with Crippen LogP contribution in [0.5, 0.6) is 0 Å². The first-order valence-corrected chi connectivity index (χ1v) is 6.37. The molecule has 0 saturated carbocycles. The summed E-state index contributed by atoms with van der Waals surface area (Å²) >= 11 is 0. The van der Waals surface area contributed by atoms with Gasteiger partial charge in [-0.05, 0) is 25.8 Å². The lowest BCUT2D eigenvalue weighted by Gasteiger charge is -2.22. The topological polar surface area (TPSA) is 62.9 Å². The Morgan fingerprint density at radius 1 is 0.929 bits per heavy atom. The summed E-state index contributed by atoms with van der Waals surface area (Å²) in [7, 11) is 1.77. The lowest BCUT2D eigenvalue weighted by molar-refractivity contribution is 0.00509. The maximum absolute atomic E-state index is 5.46. The predicted octanol–water partition coefficient (Wildman–Crippen LogP) is 0.507. The summed E-state index contributed by atoms with van der Waals surface area (Å²) in [5.41, 5.74) is 5.37. The van der Waals surface area contributed by atoms with E-state index in [9.17, 15) is 0 Å². The van der Waals surface area contributed by atoms with Gasteiger partial charge in [0.1, 0.15) is 0 Å². The van der Waals surface area contributed by atoms with Gasteiger partial charge in [-0.3, -0.25) is 0 Å². The first-order chi connectivity index (χ1) is 6.74. The fourth-order valence-corrected chi connectivity index (χ4v) is 2.30. The molecule has 0 fully saturated rings. The predicted molar refractivity (Wildman–Crippen MR) is 55.6 cm³/mol. The summed E-state index contributed by atoms with van der Waals surface area (Å²) in [6.07, 6.45) is 3.02. The van der Waals surface area contributed by atoms with Gasteiger partial charge in [0.25, 0.3) is 0 Å². The maximum atomic E-state index is 5.46. The van der Waals surface area contributed by atoms with Crippen molar-refractivity contribution in [2.24, 2.45) is 5.73 Å². The molecule has 14 heavy (non-hydrogen) atoms. The number of nitrogens with two attached hydrogens (primary N) is 1. The van der Waals surface area contributed by atoms with Crippen molar-refractivity contribution in [1.82, 2.24) is 0 Å². The maximum Gasteiger partial charge on any atom is 0.678 e. The van der Waals surface area contributed by atoms with Gasteiger partial charge in [0.15, 0.2) is 0 Å². The number of rotatable bonds is 9. The quantitative estimate of drug-likeness (QED) is 0.456. The molecule has 0 spiro atoms. The SMILES string of the molecule is CO[Si](OC)(OC)OCCCCCN. The molecule has 0 rings (SSSR count). The molecule has 0 amide bonds. The van der Waals surface area contributed by atoms with Crippen LogP contribution in [0.4, 0.5) is 0 Å². The second-order valence-corrected chi connectivity index (χ2v) is 5.32. The van der Waals surface area contributed by atoms with Crippen molar-refractivity contribution < 1.29 is 17.7 Å². The average Bonchev–Trinajstić information content (AvgIpc) is 2.24. The van der Waals surface area contributed by atoms with Crippen molar-refractivity contribution in [2.45, 2.75) is 19.3 Å².